The van der Waals surface area contributed by atoms with Crippen molar-refractivity contribution in [3.05, 3.63) is 53.6 Å². The molecule has 1 aromatic carbocycles. The number of aromatic nitrogens is 5. The van der Waals surface area contributed by atoms with Crippen LogP contribution in [0.4, 0.5) is 0 Å². The second-order valence-electron chi connectivity index (χ2n) is 5.14. The number of carbonyl (C=O) groups is 1. The molecular formula is C16H18N6O. The van der Waals surface area contributed by atoms with Gasteiger partial charge in [0.2, 0.25) is 0 Å². The lowest BCUT2D eigenvalue weighted by Crippen LogP contribution is -2.23. The van der Waals surface area contributed by atoms with Crippen LogP contribution in [0.2, 0.25) is 0 Å². The van der Waals surface area contributed by atoms with Crippen molar-refractivity contribution in [3.8, 4) is 11.4 Å². The Hall–Kier alpha value is -2.96. The van der Waals surface area contributed by atoms with E-state index in [1.807, 2.05) is 44.2 Å². The molecule has 2 N–H and O–H groups in total. The summed E-state index contributed by atoms with van der Waals surface area (Å²) < 4.78 is 1.74. The summed E-state index contributed by atoms with van der Waals surface area (Å²) in [5.74, 6) is 1.06. The fourth-order valence-corrected chi connectivity index (χ4v) is 2.25. The van der Waals surface area contributed by atoms with Crippen molar-refractivity contribution in [2.75, 3.05) is 0 Å². The highest BCUT2D eigenvalue weighted by atomic mass is 16.1. The smallest absolute Gasteiger partial charge is 0.255 e. The molecule has 0 atom stereocenters. The SMILES string of the molecule is CCn1cc(C(=O)NCc2nc(-c3ccccc3)n[nH]2)c(C)n1. The Morgan fingerprint density at radius 1 is 1.30 bits per heavy atom. The number of aromatic amines is 1. The molecule has 0 aliphatic carbocycles. The zero-order valence-corrected chi connectivity index (χ0v) is 13.1. The second-order valence-corrected chi connectivity index (χ2v) is 5.14. The van der Waals surface area contributed by atoms with Crippen LogP contribution in [0, 0.1) is 6.92 Å². The van der Waals surface area contributed by atoms with E-state index in [1.54, 1.807) is 10.9 Å². The van der Waals surface area contributed by atoms with Crippen LogP contribution < -0.4 is 5.32 Å². The molecule has 0 aliphatic rings. The molecular weight excluding hydrogens is 292 g/mol. The average molecular weight is 310 g/mol. The van der Waals surface area contributed by atoms with Crippen LogP contribution >= 0.6 is 0 Å². The van der Waals surface area contributed by atoms with E-state index in [2.05, 4.69) is 25.6 Å². The Kier molecular flexibility index (Phi) is 4.18. The van der Waals surface area contributed by atoms with Gasteiger partial charge in [0.05, 0.1) is 17.8 Å². The van der Waals surface area contributed by atoms with Crippen molar-refractivity contribution < 1.29 is 4.79 Å². The third-order valence-electron chi connectivity index (χ3n) is 3.50. The zero-order valence-electron chi connectivity index (χ0n) is 13.1. The van der Waals surface area contributed by atoms with E-state index in [0.717, 1.165) is 12.1 Å². The number of aryl methyl sites for hydroxylation is 2. The first-order chi connectivity index (χ1) is 11.2. The summed E-state index contributed by atoms with van der Waals surface area (Å²) in [6, 6.07) is 9.68. The first-order valence-corrected chi connectivity index (χ1v) is 7.46. The van der Waals surface area contributed by atoms with Gasteiger partial charge in [-0.1, -0.05) is 30.3 Å². The van der Waals surface area contributed by atoms with Crippen LogP contribution in [0.25, 0.3) is 11.4 Å². The predicted molar refractivity (Wildman–Crippen MR) is 85.6 cm³/mol. The van der Waals surface area contributed by atoms with Gasteiger partial charge in [0, 0.05) is 18.3 Å². The minimum Gasteiger partial charge on any atom is -0.345 e. The first kappa shape index (κ1) is 15.0. The van der Waals surface area contributed by atoms with Crippen LogP contribution in [0.15, 0.2) is 36.5 Å². The normalized spacial score (nSPS) is 10.7. The highest BCUT2D eigenvalue weighted by Crippen LogP contribution is 2.13. The fraction of sp³-hybridized carbons (Fsp3) is 0.250. The van der Waals surface area contributed by atoms with Crippen molar-refractivity contribution in [1.82, 2.24) is 30.3 Å². The largest absolute Gasteiger partial charge is 0.345 e. The molecule has 2 heterocycles. The molecule has 0 saturated carbocycles. The van der Waals surface area contributed by atoms with Crippen LogP contribution in [0.5, 0.6) is 0 Å². The number of hydrogen-bond donors (Lipinski definition) is 2. The molecule has 2 aromatic heterocycles. The van der Waals surface area contributed by atoms with E-state index in [1.165, 1.54) is 0 Å². The maximum Gasteiger partial charge on any atom is 0.255 e. The molecule has 0 aliphatic heterocycles. The number of hydrogen-bond acceptors (Lipinski definition) is 4. The number of benzene rings is 1. The summed E-state index contributed by atoms with van der Waals surface area (Å²) in [6.45, 7) is 4.82. The van der Waals surface area contributed by atoms with Gasteiger partial charge in [0.15, 0.2) is 5.82 Å². The van der Waals surface area contributed by atoms with Crippen molar-refractivity contribution in [2.24, 2.45) is 0 Å². The van der Waals surface area contributed by atoms with Crippen LogP contribution in [0.3, 0.4) is 0 Å². The van der Waals surface area contributed by atoms with Crippen molar-refractivity contribution >= 4 is 5.91 Å². The Balaban J connectivity index is 1.65. The van der Waals surface area contributed by atoms with Crippen molar-refractivity contribution in [2.45, 2.75) is 26.9 Å². The molecule has 7 heteroatoms. The van der Waals surface area contributed by atoms with E-state index in [9.17, 15) is 4.79 Å². The summed E-state index contributed by atoms with van der Waals surface area (Å²) >= 11 is 0. The molecule has 3 rings (SSSR count). The molecule has 1 amide bonds. The predicted octanol–water partition coefficient (Wildman–Crippen LogP) is 1.93. The number of rotatable bonds is 5. The quantitative estimate of drug-likeness (QED) is 0.753. The molecule has 0 fully saturated rings. The summed E-state index contributed by atoms with van der Waals surface area (Å²) in [5, 5.41) is 14.1. The standard InChI is InChI=1S/C16H18N6O/c1-3-22-10-13(11(2)21-22)16(23)17-9-14-18-15(20-19-14)12-7-5-4-6-8-12/h4-8,10H,3,9H2,1-2H3,(H,17,23)(H,18,19,20). The van der Waals surface area contributed by atoms with E-state index in [-0.39, 0.29) is 12.5 Å². The molecule has 0 radical (unpaired) electrons. The summed E-state index contributed by atoms with van der Waals surface area (Å²) in [7, 11) is 0. The maximum atomic E-state index is 12.2. The third kappa shape index (κ3) is 3.28. The van der Waals surface area contributed by atoms with Gasteiger partial charge < -0.3 is 5.32 Å². The molecule has 0 bridgehead atoms. The highest BCUT2D eigenvalue weighted by molar-refractivity contribution is 5.94. The maximum absolute atomic E-state index is 12.2. The van der Waals surface area contributed by atoms with Gasteiger partial charge in [-0.2, -0.15) is 10.2 Å². The van der Waals surface area contributed by atoms with E-state index >= 15 is 0 Å². The Morgan fingerprint density at radius 3 is 2.78 bits per heavy atom. The summed E-state index contributed by atoms with van der Waals surface area (Å²) in [4.78, 5) is 16.6. The zero-order chi connectivity index (χ0) is 16.2. The molecule has 0 spiro atoms. The number of H-pyrrole nitrogens is 1. The van der Waals surface area contributed by atoms with E-state index in [4.69, 9.17) is 0 Å². The number of carbonyl (C=O) groups excluding carboxylic acids is 1. The number of nitrogens with one attached hydrogen (secondary N) is 2. The van der Waals surface area contributed by atoms with Gasteiger partial charge in [-0.3, -0.25) is 14.6 Å². The molecule has 3 aromatic rings. The second kappa shape index (κ2) is 6.43. The van der Waals surface area contributed by atoms with E-state index < -0.39 is 0 Å². The molecule has 118 valence electrons. The Morgan fingerprint density at radius 2 is 2.09 bits per heavy atom. The van der Waals surface area contributed by atoms with Crippen molar-refractivity contribution in [1.29, 1.82) is 0 Å². The topological polar surface area (TPSA) is 88.5 Å². The number of amides is 1. The lowest BCUT2D eigenvalue weighted by molar-refractivity contribution is 0.0949. The fourth-order valence-electron chi connectivity index (χ4n) is 2.25. The van der Waals surface area contributed by atoms with Gasteiger partial charge in [-0.25, -0.2) is 4.98 Å². The summed E-state index contributed by atoms with van der Waals surface area (Å²) in [5.41, 5.74) is 2.22. The molecule has 23 heavy (non-hydrogen) atoms. The van der Waals surface area contributed by atoms with Gasteiger partial charge in [0.1, 0.15) is 5.82 Å². The Labute approximate surface area is 133 Å². The van der Waals surface area contributed by atoms with Gasteiger partial charge >= 0.3 is 0 Å². The third-order valence-corrected chi connectivity index (χ3v) is 3.50. The average Bonchev–Trinajstić information content (AvgIpc) is 3.20. The minimum atomic E-state index is -0.167. The van der Waals surface area contributed by atoms with Gasteiger partial charge in [-0.15, -0.1) is 0 Å². The van der Waals surface area contributed by atoms with Crippen LogP contribution in [0.1, 0.15) is 28.8 Å². The Bertz CT molecular complexity index is 805. The van der Waals surface area contributed by atoms with Crippen LogP contribution in [-0.2, 0) is 13.1 Å². The molecule has 7 nitrogen and oxygen atoms in total. The van der Waals surface area contributed by atoms with Gasteiger partial charge in [0.25, 0.3) is 5.91 Å². The van der Waals surface area contributed by atoms with E-state index in [0.29, 0.717) is 22.9 Å². The lowest BCUT2D eigenvalue weighted by atomic mass is 10.2. The lowest BCUT2D eigenvalue weighted by Gasteiger charge is -2.01. The highest BCUT2D eigenvalue weighted by Gasteiger charge is 2.13. The molecule has 0 unspecified atom stereocenters. The monoisotopic (exact) mass is 310 g/mol. The van der Waals surface area contributed by atoms with Gasteiger partial charge in [-0.05, 0) is 13.8 Å². The molecule has 0 saturated heterocycles. The summed E-state index contributed by atoms with van der Waals surface area (Å²) in [6.07, 6.45) is 1.75. The minimum absolute atomic E-state index is 0.167. The first-order valence-electron chi connectivity index (χ1n) is 7.46. The van der Waals surface area contributed by atoms with Crippen LogP contribution in [-0.4, -0.2) is 30.9 Å². The van der Waals surface area contributed by atoms with Crippen molar-refractivity contribution in [3.63, 3.8) is 0 Å². The number of nitrogens with zero attached hydrogens (tertiary/aromatic N) is 4.